The molecule has 1 heterocycles. The highest BCUT2D eigenvalue weighted by atomic mass is 16.5. The highest BCUT2D eigenvalue weighted by Gasteiger charge is 2.22. The van der Waals surface area contributed by atoms with Crippen LogP contribution in [0.1, 0.15) is 30.4 Å². The molecule has 0 saturated carbocycles. The molecule has 2 N–H and O–H groups in total. The molecule has 1 aromatic rings. The molecule has 4 heteroatoms. The SMILES string of the molecule is Cc1ccc(C#CCO)c(NC(=O)C2CCCCO2)c1. The summed E-state index contributed by atoms with van der Waals surface area (Å²) in [5.74, 6) is 5.32. The summed E-state index contributed by atoms with van der Waals surface area (Å²) in [7, 11) is 0. The number of amides is 1. The lowest BCUT2D eigenvalue weighted by Gasteiger charge is -2.22. The fourth-order valence-electron chi connectivity index (χ4n) is 2.17. The molecular formula is C16H19NO3. The lowest BCUT2D eigenvalue weighted by atomic mass is 10.1. The van der Waals surface area contributed by atoms with Gasteiger partial charge in [-0.15, -0.1) is 0 Å². The Morgan fingerprint density at radius 1 is 1.50 bits per heavy atom. The Bertz CT molecular complexity index is 536. The summed E-state index contributed by atoms with van der Waals surface area (Å²) in [6.45, 7) is 2.39. The third-order valence-corrected chi connectivity index (χ3v) is 3.21. The molecular weight excluding hydrogens is 254 g/mol. The number of carbonyl (C=O) groups is 1. The molecule has 0 aliphatic carbocycles. The molecule has 1 unspecified atom stereocenters. The van der Waals surface area contributed by atoms with Gasteiger partial charge >= 0.3 is 0 Å². The summed E-state index contributed by atoms with van der Waals surface area (Å²) in [4.78, 5) is 12.2. The number of aryl methyl sites for hydroxylation is 1. The van der Waals surface area contributed by atoms with Crippen molar-refractivity contribution in [2.45, 2.75) is 32.3 Å². The third-order valence-electron chi connectivity index (χ3n) is 3.21. The monoisotopic (exact) mass is 273 g/mol. The second kappa shape index (κ2) is 7.09. The van der Waals surface area contributed by atoms with Crippen molar-refractivity contribution in [3.05, 3.63) is 29.3 Å². The van der Waals surface area contributed by atoms with Crippen LogP contribution in [0.2, 0.25) is 0 Å². The maximum absolute atomic E-state index is 12.2. The van der Waals surface area contributed by atoms with Crippen molar-refractivity contribution in [2.75, 3.05) is 18.5 Å². The van der Waals surface area contributed by atoms with E-state index in [9.17, 15) is 4.79 Å². The van der Waals surface area contributed by atoms with Crippen molar-refractivity contribution in [3.8, 4) is 11.8 Å². The molecule has 1 amide bonds. The molecule has 0 bridgehead atoms. The van der Waals surface area contributed by atoms with E-state index in [0.29, 0.717) is 17.9 Å². The summed E-state index contributed by atoms with van der Waals surface area (Å²) in [6, 6.07) is 5.64. The van der Waals surface area contributed by atoms with E-state index >= 15 is 0 Å². The van der Waals surface area contributed by atoms with Crippen LogP contribution < -0.4 is 5.32 Å². The average molecular weight is 273 g/mol. The molecule has 0 aromatic heterocycles. The van der Waals surface area contributed by atoms with Crippen LogP contribution in [0.4, 0.5) is 5.69 Å². The van der Waals surface area contributed by atoms with E-state index in [1.54, 1.807) is 0 Å². The first-order valence-corrected chi connectivity index (χ1v) is 6.83. The normalized spacial score (nSPS) is 18.0. The molecule has 1 aromatic carbocycles. The molecule has 1 aliphatic heterocycles. The first-order valence-electron chi connectivity index (χ1n) is 6.83. The lowest BCUT2D eigenvalue weighted by Crippen LogP contribution is -2.33. The minimum Gasteiger partial charge on any atom is -0.384 e. The Labute approximate surface area is 119 Å². The van der Waals surface area contributed by atoms with Crippen molar-refractivity contribution >= 4 is 11.6 Å². The molecule has 0 spiro atoms. The van der Waals surface area contributed by atoms with Gasteiger partial charge in [0.25, 0.3) is 5.91 Å². The largest absolute Gasteiger partial charge is 0.384 e. The van der Waals surface area contributed by atoms with Gasteiger partial charge in [-0.1, -0.05) is 17.9 Å². The molecule has 106 valence electrons. The number of rotatable bonds is 2. The molecule has 1 saturated heterocycles. The van der Waals surface area contributed by atoms with Crippen molar-refractivity contribution in [1.29, 1.82) is 0 Å². The second-order valence-electron chi connectivity index (χ2n) is 4.85. The smallest absolute Gasteiger partial charge is 0.253 e. The van der Waals surface area contributed by atoms with Crippen LogP contribution in [0.3, 0.4) is 0 Å². The highest BCUT2D eigenvalue weighted by Crippen LogP contribution is 2.19. The maximum Gasteiger partial charge on any atom is 0.253 e. The Balaban J connectivity index is 2.14. The second-order valence-corrected chi connectivity index (χ2v) is 4.85. The fraction of sp³-hybridized carbons (Fsp3) is 0.438. The molecule has 1 atom stereocenters. The van der Waals surface area contributed by atoms with Crippen LogP contribution >= 0.6 is 0 Å². The summed E-state index contributed by atoms with van der Waals surface area (Å²) < 4.78 is 5.48. The predicted octanol–water partition coefficient (Wildman–Crippen LogP) is 1.85. The van der Waals surface area contributed by atoms with Crippen LogP contribution in [0.25, 0.3) is 0 Å². The zero-order valence-corrected chi connectivity index (χ0v) is 11.6. The van der Waals surface area contributed by atoms with E-state index in [1.165, 1.54) is 0 Å². The average Bonchev–Trinajstić information content (AvgIpc) is 2.47. The Morgan fingerprint density at radius 3 is 3.05 bits per heavy atom. The first kappa shape index (κ1) is 14.6. The van der Waals surface area contributed by atoms with E-state index in [1.807, 2.05) is 25.1 Å². The van der Waals surface area contributed by atoms with Gasteiger partial charge in [-0.25, -0.2) is 0 Å². The number of carbonyl (C=O) groups excluding carboxylic acids is 1. The van der Waals surface area contributed by atoms with Gasteiger partial charge < -0.3 is 15.2 Å². The molecule has 2 rings (SSSR count). The van der Waals surface area contributed by atoms with Crippen molar-refractivity contribution in [1.82, 2.24) is 0 Å². The van der Waals surface area contributed by atoms with Gasteiger partial charge in [0.1, 0.15) is 12.7 Å². The van der Waals surface area contributed by atoms with Crippen LogP contribution in [0.15, 0.2) is 18.2 Å². The Kier molecular flexibility index (Phi) is 5.16. The number of hydrogen-bond acceptors (Lipinski definition) is 3. The number of anilines is 1. The molecule has 20 heavy (non-hydrogen) atoms. The number of nitrogens with one attached hydrogen (secondary N) is 1. The van der Waals surface area contributed by atoms with Gasteiger partial charge in [0, 0.05) is 12.2 Å². The Morgan fingerprint density at radius 2 is 2.35 bits per heavy atom. The summed E-state index contributed by atoms with van der Waals surface area (Å²) in [5, 5.41) is 11.7. The van der Waals surface area contributed by atoms with Crippen LogP contribution in [-0.2, 0) is 9.53 Å². The number of aliphatic hydroxyl groups excluding tert-OH is 1. The number of hydrogen-bond donors (Lipinski definition) is 2. The third kappa shape index (κ3) is 3.83. The van der Waals surface area contributed by atoms with E-state index in [0.717, 1.165) is 24.8 Å². The van der Waals surface area contributed by atoms with E-state index < -0.39 is 0 Å². The summed E-state index contributed by atoms with van der Waals surface area (Å²) in [6.07, 6.45) is 2.42. The number of ether oxygens (including phenoxy) is 1. The minimum absolute atomic E-state index is 0.123. The molecule has 1 aliphatic rings. The van der Waals surface area contributed by atoms with E-state index in [4.69, 9.17) is 9.84 Å². The number of aliphatic hydroxyl groups is 1. The Hall–Kier alpha value is -1.83. The minimum atomic E-state index is -0.372. The summed E-state index contributed by atoms with van der Waals surface area (Å²) >= 11 is 0. The van der Waals surface area contributed by atoms with Crippen LogP contribution in [-0.4, -0.2) is 30.3 Å². The number of benzene rings is 1. The van der Waals surface area contributed by atoms with E-state index in [-0.39, 0.29) is 18.6 Å². The quantitative estimate of drug-likeness (QED) is 0.808. The van der Waals surface area contributed by atoms with Gasteiger partial charge in [-0.2, -0.15) is 0 Å². The zero-order valence-electron chi connectivity index (χ0n) is 11.6. The van der Waals surface area contributed by atoms with Gasteiger partial charge in [0.05, 0.1) is 5.69 Å². The highest BCUT2D eigenvalue weighted by molar-refractivity contribution is 5.95. The molecule has 1 fully saturated rings. The van der Waals surface area contributed by atoms with Crippen LogP contribution in [0.5, 0.6) is 0 Å². The maximum atomic E-state index is 12.2. The zero-order chi connectivity index (χ0) is 14.4. The van der Waals surface area contributed by atoms with Gasteiger partial charge in [-0.05, 0) is 43.9 Å². The topological polar surface area (TPSA) is 58.6 Å². The molecule has 4 nitrogen and oxygen atoms in total. The van der Waals surface area contributed by atoms with Gasteiger partial charge in [-0.3, -0.25) is 4.79 Å². The van der Waals surface area contributed by atoms with Crippen molar-refractivity contribution in [3.63, 3.8) is 0 Å². The van der Waals surface area contributed by atoms with Gasteiger partial charge in [0.15, 0.2) is 0 Å². The predicted molar refractivity (Wildman–Crippen MR) is 77.4 cm³/mol. The van der Waals surface area contributed by atoms with E-state index in [2.05, 4.69) is 17.2 Å². The fourth-order valence-corrected chi connectivity index (χ4v) is 2.17. The van der Waals surface area contributed by atoms with Crippen LogP contribution in [0, 0.1) is 18.8 Å². The summed E-state index contributed by atoms with van der Waals surface area (Å²) in [5.41, 5.74) is 2.42. The molecule has 0 radical (unpaired) electrons. The first-order chi connectivity index (χ1) is 9.70. The van der Waals surface area contributed by atoms with Crippen molar-refractivity contribution < 1.29 is 14.6 Å². The standard InChI is InChI=1S/C16H19NO3/c1-12-7-8-13(5-4-9-18)14(11-12)17-16(19)15-6-2-3-10-20-15/h7-8,11,15,18H,2-3,6,9-10H2,1H3,(H,17,19). The van der Waals surface area contributed by atoms with Gasteiger partial charge in [0.2, 0.25) is 0 Å². The van der Waals surface area contributed by atoms with Crippen molar-refractivity contribution in [2.24, 2.45) is 0 Å². The lowest BCUT2D eigenvalue weighted by molar-refractivity contribution is -0.129.